The third kappa shape index (κ3) is 2.63. The van der Waals surface area contributed by atoms with Crippen molar-refractivity contribution in [2.24, 2.45) is 0 Å². The summed E-state index contributed by atoms with van der Waals surface area (Å²) < 4.78 is 39.9. The van der Waals surface area contributed by atoms with E-state index < -0.39 is 23.8 Å². The molecule has 5 heteroatoms. The van der Waals surface area contributed by atoms with Gasteiger partial charge in [0.05, 0.1) is 11.6 Å². The van der Waals surface area contributed by atoms with Gasteiger partial charge in [0, 0.05) is 5.56 Å². The van der Waals surface area contributed by atoms with Gasteiger partial charge in [0.2, 0.25) is 0 Å². The van der Waals surface area contributed by atoms with Gasteiger partial charge in [-0.15, -0.1) is 0 Å². The van der Waals surface area contributed by atoms with Gasteiger partial charge in [-0.3, -0.25) is 0 Å². The van der Waals surface area contributed by atoms with Crippen molar-refractivity contribution < 1.29 is 13.2 Å². The second-order valence-electron chi connectivity index (χ2n) is 3.32. The zero-order valence-corrected chi connectivity index (χ0v) is 9.13. The topological polar surface area (TPSA) is 12.0 Å². The number of nitrogens with one attached hydrogen (secondary N) is 1. The number of hydrogen-bond acceptors (Lipinski definition) is 1. The smallest absolute Gasteiger partial charge is 0.286 e. The predicted octanol–water partition coefficient (Wildman–Crippen LogP) is 3.10. The van der Waals surface area contributed by atoms with E-state index in [0.717, 1.165) is 6.07 Å². The molecule has 84 valence electrons. The number of hydrogen-bond donors (Lipinski definition) is 1. The molecule has 1 nitrogen and oxygen atoms in total. The second kappa shape index (κ2) is 4.41. The Morgan fingerprint density at radius 3 is 2.53 bits per heavy atom. The molecule has 1 rings (SSSR count). The molecule has 0 bridgehead atoms. The highest BCUT2D eigenvalue weighted by atomic mass is 35.5. The fraction of sp³-hybridized carbons (Fsp3) is 0.400. The first-order valence-electron chi connectivity index (χ1n) is 4.37. The quantitative estimate of drug-likeness (QED) is 0.852. The van der Waals surface area contributed by atoms with Crippen LogP contribution in [0, 0.1) is 12.7 Å². The number of rotatable bonds is 3. The number of likely N-dealkylation sites (N-methyl/N-ethyl adjacent to an activating group) is 1. The maximum absolute atomic E-state index is 13.4. The lowest BCUT2D eigenvalue weighted by atomic mass is 10.1. The van der Waals surface area contributed by atoms with E-state index in [4.69, 9.17) is 11.6 Å². The Morgan fingerprint density at radius 1 is 1.40 bits per heavy atom. The van der Waals surface area contributed by atoms with Crippen LogP contribution in [0.3, 0.4) is 0 Å². The Balaban J connectivity index is 3.19. The summed E-state index contributed by atoms with van der Waals surface area (Å²) in [5, 5.41) is 2.22. The van der Waals surface area contributed by atoms with Crippen LogP contribution in [0.5, 0.6) is 0 Å². The first-order chi connectivity index (χ1) is 6.88. The zero-order valence-electron chi connectivity index (χ0n) is 8.37. The molecule has 0 saturated carbocycles. The molecule has 0 spiro atoms. The summed E-state index contributed by atoms with van der Waals surface area (Å²) in [7, 11) is 1.40. The summed E-state index contributed by atoms with van der Waals surface area (Å²) in [6.45, 7) is 0.899. The molecule has 0 aromatic heterocycles. The Kier molecular flexibility index (Phi) is 3.62. The molecule has 1 aromatic carbocycles. The summed E-state index contributed by atoms with van der Waals surface area (Å²) in [6, 6.07) is 1.99. The van der Waals surface area contributed by atoms with Crippen LogP contribution in [-0.4, -0.2) is 13.6 Å². The zero-order chi connectivity index (χ0) is 11.6. The summed E-state index contributed by atoms with van der Waals surface area (Å²) in [5.74, 6) is -3.84. The molecule has 15 heavy (non-hydrogen) atoms. The van der Waals surface area contributed by atoms with Crippen LogP contribution in [0.15, 0.2) is 12.1 Å². The van der Waals surface area contributed by atoms with Crippen LogP contribution in [0.1, 0.15) is 11.1 Å². The molecule has 0 aliphatic carbocycles. The van der Waals surface area contributed by atoms with Crippen LogP contribution in [0.4, 0.5) is 13.2 Å². The molecule has 0 aliphatic heterocycles. The predicted molar refractivity (Wildman–Crippen MR) is 54.0 cm³/mol. The van der Waals surface area contributed by atoms with E-state index in [9.17, 15) is 13.2 Å². The molecule has 0 aliphatic rings. The third-order valence-corrected chi connectivity index (χ3v) is 2.35. The summed E-state index contributed by atoms with van der Waals surface area (Å²) >= 11 is 5.65. The summed E-state index contributed by atoms with van der Waals surface area (Å²) in [6.07, 6.45) is 0. The van der Waals surface area contributed by atoms with E-state index in [2.05, 4.69) is 5.32 Å². The van der Waals surface area contributed by atoms with E-state index in [1.54, 1.807) is 0 Å². The Hall–Kier alpha value is -0.740. The second-order valence-corrected chi connectivity index (χ2v) is 3.72. The highest BCUT2D eigenvalue weighted by Gasteiger charge is 2.33. The SMILES string of the molecule is CNCC(F)(F)c1cc(F)c(C)cc1Cl. The number of alkyl halides is 2. The van der Waals surface area contributed by atoms with E-state index in [1.807, 2.05) is 0 Å². The van der Waals surface area contributed by atoms with Crippen LogP contribution >= 0.6 is 11.6 Å². The molecule has 0 saturated heterocycles. The van der Waals surface area contributed by atoms with Crippen molar-refractivity contribution in [1.29, 1.82) is 0 Å². The van der Waals surface area contributed by atoms with E-state index in [1.165, 1.54) is 20.0 Å². The molecule has 1 N–H and O–H groups in total. The Labute approximate surface area is 91.2 Å². The molecule has 0 atom stereocenters. The van der Waals surface area contributed by atoms with Crippen molar-refractivity contribution in [3.8, 4) is 0 Å². The van der Waals surface area contributed by atoms with Gasteiger partial charge in [0.1, 0.15) is 5.82 Å². The van der Waals surface area contributed by atoms with Crippen LogP contribution in [0.25, 0.3) is 0 Å². The minimum atomic E-state index is -3.17. The average Bonchev–Trinajstić information content (AvgIpc) is 2.11. The third-order valence-electron chi connectivity index (χ3n) is 2.04. The lowest BCUT2D eigenvalue weighted by molar-refractivity contribution is -0.00144. The standard InChI is InChI=1S/C10H11ClF3N/c1-6-3-8(11)7(4-9(6)12)10(13,14)5-15-2/h3-4,15H,5H2,1-2H3. The van der Waals surface area contributed by atoms with E-state index >= 15 is 0 Å². The average molecular weight is 238 g/mol. The van der Waals surface area contributed by atoms with Crippen molar-refractivity contribution in [3.05, 3.63) is 34.1 Å². The van der Waals surface area contributed by atoms with Crippen molar-refractivity contribution in [2.75, 3.05) is 13.6 Å². The molecule has 0 fully saturated rings. The molecular formula is C10H11ClF3N. The first kappa shape index (κ1) is 12.3. The minimum absolute atomic E-state index is 0.117. The van der Waals surface area contributed by atoms with Crippen LogP contribution in [-0.2, 0) is 5.92 Å². The van der Waals surface area contributed by atoms with Gasteiger partial charge in [-0.1, -0.05) is 11.6 Å². The lowest BCUT2D eigenvalue weighted by Crippen LogP contribution is -2.28. The monoisotopic (exact) mass is 237 g/mol. The maximum Gasteiger partial charge on any atom is 0.286 e. The van der Waals surface area contributed by atoms with Gasteiger partial charge >= 0.3 is 0 Å². The normalized spacial score (nSPS) is 11.9. The Bertz CT molecular complexity index is 366. The van der Waals surface area contributed by atoms with Gasteiger partial charge in [0.15, 0.2) is 0 Å². The van der Waals surface area contributed by atoms with Crippen LogP contribution in [0.2, 0.25) is 5.02 Å². The number of halogens is 4. The maximum atomic E-state index is 13.4. The molecule has 0 heterocycles. The van der Waals surface area contributed by atoms with Gasteiger partial charge in [0.25, 0.3) is 5.92 Å². The van der Waals surface area contributed by atoms with E-state index in [-0.39, 0.29) is 10.6 Å². The molecule has 0 radical (unpaired) electrons. The largest absolute Gasteiger partial charge is 0.314 e. The molecular weight excluding hydrogens is 227 g/mol. The van der Waals surface area contributed by atoms with Gasteiger partial charge in [-0.2, -0.15) is 8.78 Å². The summed E-state index contributed by atoms with van der Waals surface area (Å²) in [5.41, 5.74) is -0.231. The molecule has 0 amide bonds. The Morgan fingerprint density at radius 2 is 2.00 bits per heavy atom. The van der Waals surface area contributed by atoms with Gasteiger partial charge in [-0.25, -0.2) is 4.39 Å². The summed E-state index contributed by atoms with van der Waals surface area (Å²) in [4.78, 5) is 0. The van der Waals surface area contributed by atoms with Crippen molar-refractivity contribution in [3.63, 3.8) is 0 Å². The number of benzene rings is 1. The van der Waals surface area contributed by atoms with Crippen LogP contribution < -0.4 is 5.32 Å². The first-order valence-corrected chi connectivity index (χ1v) is 4.75. The van der Waals surface area contributed by atoms with Crippen molar-refractivity contribution in [1.82, 2.24) is 5.32 Å². The highest BCUT2D eigenvalue weighted by Crippen LogP contribution is 2.34. The van der Waals surface area contributed by atoms with Crippen molar-refractivity contribution in [2.45, 2.75) is 12.8 Å². The van der Waals surface area contributed by atoms with Gasteiger partial charge < -0.3 is 5.32 Å². The van der Waals surface area contributed by atoms with Crippen molar-refractivity contribution >= 4 is 11.6 Å². The molecule has 1 aromatic rings. The fourth-order valence-corrected chi connectivity index (χ4v) is 1.60. The highest BCUT2D eigenvalue weighted by molar-refractivity contribution is 6.31. The van der Waals surface area contributed by atoms with Gasteiger partial charge in [-0.05, 0) is 31.7 Å². The fourth-order valence-electron chi connectivity index (χ4n) is 1.24. The molecule has 0 unspecified atom stereocenters. The van der Waals surface area contributed by atoms with E-state index in [0.29, 0.717) is 0 Å². The minimum Gasteiger partial charge on any atom is -0.314 e. The lowest BCUT2D eigenvalue weighted by Gasteiger charge is -2.18. The number of aryl methyl sites for hydroxylation is 1.